The number of rotatable bonds is 6. The monoisotopic (exact) mass is 250 g/mol. The lowest BCUT2D eigenvalue weighted by atomic mass is 10.1. The van der Waals surface area contributed by atoms with E-state index in [0.29, 0.717) is 13.1 Å². The van der Waals surface area contributed by atoms with Gasteiger partial charge in [0.2, 0.25) is 0 Å². The van der Waals surface area contributed by atoms with Crippen molar-refractivity contribution in [2.24, 2.45) is 0 Å². The van der Waals surface area contributed by atoms with E-state index < -0.39 is 0 Å². The maximum atomic E-state index is 12.0. The van der Waals surface area contributed by atoms with Gasteiger partial charge in [-0.2, -0.15) is 0 Å². The van der Waals surface area contributed by atoms with Crippen molar-refractivity contribution in [3.8, 4) is 0 Å². The standard InChI is InChI=1S/C14H22N2O2/c1-3-9-16(10-11-17)14(18)15-12(2)13-7-5-4-6-8-13/h4-8,12,17H,3,9-11H2,1-2H3,(H,15,18). The molecule has 1 unspecified atom stereocenters. The van der Waals surface area contributed by atoms with Crippen LogP contribution in [0.5, 0.6) is 0 Å². The van der Waals surface area contributed by atoms with Gasteiger partial charge in [-0.05, 0) is 18.9 Å². The molecule has 1 aromatic carbocycles. The van der Waals surface area contributed by atoms with Crippen LogP contribution in [0.4, 0.5) is 4.79 Å². The van der Waals surface area contributed by atoms with Crippen LogP contribution in [0.15, 0.2) is 30.3 Å². The maximum absolute atomic E-state index is 12.0. The summed E-state index contributed by atoms with van der Waals surface area (Å²) in [5, 5.41) is 11.9. The molecule has 4 nitrogen and oxygen atoms in total. The molecule has 4 heteroatoms. The molecule has 0 radical (unpaired) electrons. The summed E-state index contributed by atoms with van der Waals surface area (Å²) < 4.78 is 0. The number of hydrogen-bond acceptors (Lipinski definition) is 2. The first-order valence-electron chi connectivity index (χ1n) is 6.40. The first-order chi connectivity index (χ1) is 8.69. The Hall–Kier alpha value is -1.55. The van der Waals surface area contributed by atoms with Gasteiger partial charge in [-0.1, -0.05) is 37.3 Å². The van der Waals surface area contributed by atoms with Gasteiger partial charge in [0.15, 0.2) is 0 Å². The Bertz CT molecular complexity index is 348. The average Bonchev–Trinajstić information content (AvgIpc) is 2.39. The first kappa shape index (κ1) is 14.5. The van der Waals surface area contributed by atoms with Crippen LogP contribution >= 0.6 is 0 Å². The van der Waals surface area contributed by atoms with Crippen molar-refractivity contribution in [2.45, 2.75) is 26.3 Å². The molecule has 100 valence electrons. The lowest BCUT2D eigenvalue weighted by Gasteiger charge is -2.24. The molecule has 0 aromatic heterocycles. The van der Waals surface area contributed by atoms with Gasteiger partial charge >= 0.3 is 6.03 Å². The van der Waals surface area contributed by atoms with E-state index in [2.05, 4.69) is 5.32 Å². The molecule has 2 amide bonds. The van der Waals surface area contributed by atoms with Gasteiger partial charge in [0, 0.05) is 13.1 Å². The van der Waals surface area contributed by atoms with E-state index in [1.54, 1.807) is 4.90 Å². The SMILES string of the molecule is CCCN(CCO)C(=O)NC(C)c1ccccc1. The van der Waals surface area contributed by atoms with Crippen LogP contribution in [0.1, 0.15) is 31.9 Å². The van der Waals surface area contributed by atoms with Crippen molar-refractivity contribution < 1.29 is 9.90 Å². The van der Waals surface area contributed by atoms with Crippen molar-refractivity contribution in [1.29, 1.82) is 0 Å². The summed E-state index contributed by atoms with van der Waals surface area (Å²) in [7, 11) is 0. The zero-order valence-electron chi connectivity index (χ0n) is 11.1. The van der Waals surface area contributed by atoms with E-state index in [9.17, 15) is 4.79 Å². The van der Waals surface area contributed by atoms with Gasteiger partial charge in [-0.3, -0.25) is 0 Å². The molecule has 1 atom stereocenters. The third-order valence-corrected chi connectivity index (χ3v) is 2.79. The number of hydrogen-bond donors (Lipinski definition) is 2. The van der Waals surface area contributed by atoms with Crippen molar-refractivity contribution in [1.82, 2.24) is 10.2 Å². The maximum Gasteiger partial charge on any atom is 0.317 e. The molecule has 0 aliphatic carbocycles. The molecular weight excluding hydrogens is 228 g/mol. The summed E-state index contributed by atoms with van der Waals surface area (Å²) in [5.74, 6) is 0. The predicted octanol–water partition coefficient (Wildman–Crippen LogP) is 2.16. The van der Waals surface area contributed by atoms with Gasteiger partial charge in [-0.25, -0.2) is 4.79 Å². The second-order valence-electron chi connectivity index (χ2n) is 4.29. The van der Waals surface area contributed by atoms with Crippen molar-refractivity contribution >= 4 is 6.03 Å². The third-order valence-electron chi connectivity index (χ3n) is 2.79. The summed E-state index contributed by atoms with van der Waals surface area (Å²) in [6.45, 7) is 5.00. The Labute approximate surface area is 109 Å². The minimum atomic E-state index is -0.123. The molecule has 0 saturated carbocycles. The van der Waals surface area contributed by atoms with Gasteiger partial charge < -0.3 is 15.3 Å². The van der Waals surface area contributed by atoms with Crippen molar-refractivity contribution in [3.63, 3.8) is 0 Å². The highest BCUT2D eigenvalue weighted by molar-refractivity contribution is 5.74. The van der Waals surface area contributed by atoms with E-state index in [1.165, 1.54) is 0 Å². The Morgan fingerprint density at radius 2 is 2.00 bits per heavy atom. The summed E-state index contributed by atoms with van der Waals surface area (Å²) in [5.41, 5.74) is 1.08. The van der Waals surface area contributed by atoms with Crippen LogP contribution in [-0.4, -0.2) is 35.7 Å². The Kier molecular flexibility index (Phi) is 6.22. The van der Waals surface area contributed by atoms with Crippen LogP contribution in [0.25, 0.3) is 0 Å². The van der Waals surface area contributed by atoms with E-state index >= 15 is 0 Å². The van der Waals surface area contributed by atoms with E-state index in [1.807, 2.05) is 44.2 Å². The molecule has 0 bridgehead atoms. The van der Waals surface area contributed by atoms with Crippen LogP contribution < -0.4 is 5.32 Å². The second kappa shape index (κ2) is 7.71. The highest BCUT2D eigenvalue weighted by Gasteiger charge is 2.15. The summed E-state index contributed by atoms with van der Waals surface area (Å²) in [4.78, 5) is 13.6. The molecular formula is C14H22N2O2. The average molecular weight is 250 g/mol. The number of benzene rings is 1. The molecule has 0 spiro atoms. The van der Waals surface area contributed by atoms with Crippen LogP contribution in [0.2, 0.25) is 0 Å². The Morgan fingerprint density at radius 1 is 1.33 bits per heavy atom. The minimum Gasteiger partial charge on any atom is -0.395 e. The smallest absolute Gasteiger partial charge is 0.317 e. The van der Waals surface area contributed by atoms with Gasteiger partial charge in [0.1, 0.15) is 0 Å². The molecule has 1 rings (SSSR count). The minimum absolute atomic E-state index is 0.00681. The summed E-state index contributed by atoms with van der Waals surface area (Å²) in [6.07, 6.45) is 0.882. The predicted molar refractivity (Wildman–Crippen MR) is 72.3 cm³/mol. The fourth-order valence-electron chi connectivity index (χ4n) is 1.81. The number of nitrogens with zero attached hydrogens (tertiary/aromatic N) is 1. The van der Waals surface area contributed by atoms with Crippen LogP contribution in [0.3, 0.4) is 0 Å². The zero-order valence-corrected chi connectivity index (χ0v) is 11.1. The number of aliphatic hydroxyl groups is 1. The van der Waals surface area contributed by atoms with Gasteiger partial charge in [0.25, 0.3) is 0 Å². The quantitative estimate of drug-likeness (QED) is 0.813. The van der Waals surface area contributed by atoms with Crippen LogP contribution in [-0.2, 0) is 0 Å². The molecule has 2 N–H and O–H groups in total. The molecule has 1 aromatic rings. The van der Waals surface area contributed by atoms with Crippen molar-refractivity contribution in [2.75, 3.05) is 19.7 Å². The number of carbonyl (C=O) groups is 1. The Balaban J connectivity index is 2.57. The van der Waals surface area contributed by atoms with Crippen LogP contribution in [0, 0.1) is 0 Å². The fraction of sp³-hybridized carbons (Fsp3) is 0.500. The van der Waals surface area contributed by atoms with E-state index in [0.717, 1.165) is 12.0 Å². The third kappa shape index (κ3) is 4.37. The topological polar surface area (TPSA) is 52.6 Å². The molecule has 0 saturated heterocycles. The number of urea groups is 1. The number of aliphatic hydroxyl groups excluding tert-OH is 1. The van der Waals surface area contributed by atoms with Gasteiger partial charge in [0.05, 0.1) is 12.6 Å². The second-order valence-corrected chi connectivity index (χ2v) is 4.29. The molecule has 0 heterocycles. The normalized spacial score (nSPS) is 11.9. The van der Waals surface area contributed by atoms with E-state index in [-0.39, 0.29) is 18.7 Å². The highest BCUT2D eigenvalue weighted by atomic mass is 16.3. The Morgan fingerprint density at radius 3 is 2.56 bits per heavy atom. The highest BCUT2D eigenvalue weighted by Crippen LogP contribution is 2.11. The lowest BCUT2D eigenvalue weighted by molar-refractivity contribution is 0.174. The number of amides is 2. The molecule has 0 fully saturated rings. The molecule has 0 aliphatic rings. The summed E-state index contributed by atoms with van der Waals surface area (Å²) in [6, 6.07) is 9.68. The first-order valence-corrected chi connectivity index (χ1v) is 6.40. The lowest BCUT2D eigenvalue weighted by Crippen LogP contribution is -2.42. The number of nitrogens with one attached hydrogen (secondary N) is 1. The molecule has 18 heavy (non-hydrogen) atoms. The largest absolute Gasteiger partial charge is 0.395 e. The number of carbonyl (C=O) groups excluding carboxylic acids is 1. The molecule has 0 aliphatic heterocycles. The van der Waals surface area contributed by atoms with E-state index in [4.69, 9.17) is 5.11 Å². The van der Waals surface area contributed by atoms with Crippen molar-refractivity contribution in [3.05, 3.63) is 35.9 Å². The van der Waals surface area contributed by atoms with Gasteiger partial charge in [-0.15, -0.1) is 0 Å². The zero-order chi connectivity index (χ0) is 13.4. The summed E-state index contributed by atoms with van der Waals surface area (Å²) >= 11 is 0. The fourth-order valence-corrected chi connectivity index (χ4v) is 1.81.